The first-order valence-corrected chi connectivity index (χ1v) is 7.25. The number of ether oxygens (including phenoxy) is 1. The SMILES string of the molecule is CCOc1ccc(NC(=S)NNC(=O)c2ccccc2)cc1. The van der Waals surface area contributed by atoms with Crippen molar-refractivity contribution in [1.29, 1.82) is 0 Å². The van der Waals surface area contributed by atoms with Crippen molar-refractivity contribution >= 4 is 28.9 Å². The monoisotopic (exact) mass is 315 g/mol. The maximum absolute atomic E-state index is 11.8. The highest BCUT2D eigenvalue weighted by atomic mass is 32.1. The summed E-state index contributed by atoms with van der Waals surface area (Å²) in [6.45, 7) is 2.55. The Morgan fingerprint density at radius 3 is 2.36 bits per heavy atom. The average Bonchev–Trinajstić information content (AvgIpc) is 2.55. The molecule has 0 fully saturated rings. The third-order valence-electron chi connectivity index (χ3n) is 2.75. The second kappa shape index (κ2) is 7.99. The van der Waals surface area contributed by atoms with E-state index in [1.807, 2.05) is 37.3 Å². The summed E-state index contributed by atoms with van der Waals surface area (Å²) in [6, 6.07) is 16.3. The van der Waals surface area contributed by atoms with E-state index in [0.717, 1.165) is 11.4 Å². The molecule has 0 radical (unpaired) electrons. The van der Waals surface area contributed by atoms with Gasteiger partial charge in [-0.1, -0.05) is 18.2 Å². The van der Waals surface area contributed by atoms with Gasteiger partial charge in [0.25, 0.3) is 5.91 Å². The number of nitrogens with one attached hydrogen (secondary N) is 3. The predicted molar refractivity (Wildman–Crippen MR) is 90.9 cm³/mol. The summed E-state index contributed by atoms with van der Waals surface area (Å²) in [4.78, 5) is 11.8. The lowest BCUT2D eigenvalue weighted by Gasteiger charge is -2.12. The second-order valence-electron chi connectivity index (χ2n) is 4.36. The molecule has 0 heterocycles. The molecule has 0 bridgehead atoms. The molecule has 6 heteroatoms. The van der Waals surface area contributed by atoms with Crippen molar-refractivity contribution in [2.24, 2.45) is 0 Å². The number of hydrogen-bond acceptors (Lipinski definition) is 3. The van der Waals surface area contributed by atoms with Crippen LogP contribution in [0.25, 0.3) is 0 Å². The Morgan fingerprint density at radius 2 is 1.73 bits per heavy atom. The van der Waals surface area contributed by atoms with E-state index in [9.17, 15) is 4.79 Å². The third-order valence-corrected chi connectivity index (χ3v) is 2.95. The van der Waals surface area contributed by atoms with E-state index in [0.29, 0.717) is 17.3 Å². The summed E-state index contributed by atoms with van der Waals surface area (Å²) < 4.78 is 5.36. The Kier molecular flexibility index (Phi) is 5.73. The Labute approximate surface area is 134 Å². The van der Waals surface area contributed by atoms with Gasteiger partial charge < -0.3 is 10.1 Å². The van der Waals surface area contributed by atoms with Crippen molar-refractivity contribution in [1.82, 2.24) is 10.9 Å². The van der Waals surface area contributed by atoms with Crippen LogP contribution in [0.1, 0.15) is 17.3 Å². The van der Waals surface area contributed by atoms with E-state index < -0.39 is 0 Å². The molecule has 3 N–H and O–H groups in total. The molecule has 0 aliphatic carbocycles. The molecular weight excluding hydrogens is 298 g/mol. The van der Waals surface area contributed by atoms with Crippen LogP contribution < -0.4 is 20.9 Å². The molecule has 114 valence electrons. The molecule has 22 heavy (non-hydrogen) atoms. The zero-order valence-electron chi connectivity index (χ0n) is 12.1. The van der Waals surface area contributed by atoms with Crippen molar-refractivity contribution in [2.45, 2.75) is 6.92 Å². The van der Waals surface area contributed by atoms with Crippen molar-refractivity contribution in [3.63, 3.8) is 0 Å². The van der Waals surface area contributed by atoms with Gasteiger partial charge in [0.2, 0.25) is 0 Å². The number of hydrazine groups is 1. The fourth-order valence-electron chi connectivity index (χ4n) is 1.74. The standard InChI is InChI=1S/C16H17N3O2S/c1-2-21-14-10-8-13(9-11-14)17-16(22)19-18-15(20)12-6-4-3-5-7-12/h3-11H,2H2,1H3,(H,18,20)(H2,17,19,22). The summed E-state index contributed by atoms with van der Waals surface area (Å²) in [7, 11) is 0. The number of hydrogen-bond donors (Lipinski definition) is 3. The van der Waals surface area contributed by atoms with Crippen LogP contribution in [-0.4, -0.2) is 17.6 Å². The van der Waals surface area contributed by atoms with Gasteiger partial charge in [0, 0.05) is 11.3 Å². The first-order valence-electron chi connectivity index (χ1n) is 6.84. The predicted octanol–water partition coefficient (Wildman–Crippen LogP) is 2.72. The molecule has 2 aromatic rings. The molecule has 0 atom stereocenters. The van der Waals surface area contributed by atoms with E-state index >= 15 is 0 Å². The highest BCUT2D eigenvalue weighted by molar-refractivity contribution is 7.80. The van der Waals surface area contributed by atoms with Gasteiger partial charge in [-0.2, -0.15) is 0 Å². The minimum Gasteiger partial charge on any atom is -0.494 e. The van der Waals surface area contributed by atoms with Crippen LogP contribution in [0.15, 0.2) is 54.6 Å². The molecule has 2 rings (SSSR count). The van der Waals surface area contributed by atoms with Crippen LogP contribution in [0.5, 0.6) is 5.75 Å². The van der Waals surface area contributed by atoms with E-state index in [4.69, 9.17) is 17.0 Å². The molecule has 2 aromatic carbocycles. The zero-order valence-corrected chi connectivity index (χ0v) is 12.9. The minimum atomic E-state index is -0.253. The van der Waals surface area contributed by atoms with Crippen LogP contribution in [0.2, 0.25) is 0 Å². The number of rotatable bonds is 4. The van der Waals surface area contributed by atoms with Crippen molar-refractivity contribution in [3.8, 4) is 5.75 Å². The molecule has 0 saturated heterocycles. The minimum absolute atomic E-state index is 0.253. The summed E-state index contributed by atoms with van der Waals surface area (Å²) in [6.07, 6.45) is 0. The van der Waals surface area contributed by atoms with Crippen LogP contribution >= 0.6 is 12.2 Å². The van der Waals surface area contributed by atoms with Crippen molar-refractivity contribution < 1.29 is 9.53 Å². The summed E-state index contributed by atoms with van der Waals surface area (Å²) in [5, 5.41) is 3.27. The lowest BCUT2D eigenvalue weighted by atomic mass is 10.2. The summed E-state index contributed by atoms with van der Waals surface area (Å²) in [5.74, 6) is 0.542. The van der Waals surface area contributed by atoms with E-state index in [1.54, 1.807) is 24.3 Å². The fraction of sp³-hybridized carbons (Fsp3) is 0.125. The fourth-order valence-corrected chi connectivity index (χ4v) is 1.91. The van der Waals surface area contributed by atoms with Gasteiger partial charge >= 0.3 is 0 Å². The number of benzene rings is 2. The Morgan fingerprint density at radius 1 is 1.05 bits per heavy atom. The van der Waals surface area contributed by atoms with Crippen LogP contribution in [0.4, 0.5) is 5.69 Å². The van der Waals surface area contributed by atoms with E-state index in [2.05, 4.69) is 16.2 Å². The first-order chi connectivity index (χ1) is 10.7. The van der Waals surface area contributed by atoms with Crippen molar-refractivity contribution in [3.05, 3.63) is 60.2 Å². The Hall–Kier alpha value is -2.60. The van der Waals surface area contributed by atoms with Gasteiger partial charge in [-0.15, -0.1) is 0 Å². The Balaban J connectivity index is 1.81. The number of anilines is 1. The molecule has 0 aromatic heterocycles. The summed E-state index contributed by atoms with van der Waals surface area (Å²) >= 11 is 5.12. The molecule has 0 spiro atoms. The van der Waals surface area contributed by atoms with Gasteiger partial charge in [-0.3, -0.25) is 15.6 Å². The number of amides is 1. The highest BCUT2D eigenvalue weighted by Gasteiger charge is 2.04. The largest absolute Gasteiger partial charge is 0.494 e. The normalized spacial score (nSPS) is 9.68. The number of carbonyl (C=O) groups is 1. The van der Waals surface area contributed by atoms with Crippen LogP contribution in [-0.2, 0) is 0 Å². The first kappa shape index (κ1) is 15.8. The smallest absolute Gasteiger partial charge is 0.269 e. The molecule has 5 nitrogen and oxygen atoms in total. The quantitative estimate of drug-likeness (QED) is 0.598. The molecule has 0 aliphatic heterocycles. The van der Waals surface area contributed by atoms with E-state index in [1.165, 1.54) is 0 Å². The van der Waals surface area contributed by atoms with Crippen LogP contribution in [0, 0.1) is 0 Å². The third kappa shape index (κ3) is 4.75. The zero-order chi connectivity index (χ0) is 15.8. The average molecular weight is 315 g/mol. The maximum Gasteiger partial charge on any atom is 0.269 e. The van der Waals surface area contributed by atoms with Gasteiger partial charge in [-0.25, -0.2) is 0 Å². The second-order valence-corrected chi connectivity index (χ2v) is 4.76. The lowest BCUT2D eigenvalue weighted by Crippen LogP contribution is -2.43. The molecule has 0 saturated carbocycles. The number of thiocarbonyl (C=S) groups is 1. The molecule has 1 amide bonds. The van der Waals surface area contributed by atoms with Gasteiger partial charge in [-0.05, 0) is 55.5 Å². The van der Waals surface area contributed by atoms with Gasteiger partial charge in [0.1, 0.15) is 5.75 Å². The van der Waals surface area contributed by atoms with E-state index in [-0.39, 0.29) is 5.91 Å². The maximum atomic E-state index is 11.8. The molecule has 0 aliphatic rings. The van der Waals surface area contributed by atoms with Gasteiger partial charge in [0.05, 0.1) is 6.61 Å². The molecular formula is C16H17N3O2S. The Bertz CT molecular complexity index is 630. The summed E-state index contributed by atoms with van der Waals surface area (Å²) in [5.41, 5.74) is 6.55. The van der Waals surface area contributed by atoms with Gasteiger partial charge in [0.15, 0.2) is 5.11 Å². The lowest BCUT2D eigenvalue weighted by molar-refractivity contribution is 0.0944. The van der Waals surface area contributed by atoms with Crippen LogP contribution in [0.3, 0.4) is 0 Å². The molecule has 0 unspecified atom stereocenters. The number of carbonyl (C=O) groups excluding carboxylic acids is 1. The highest BCUT2D eigenvalue weighted by Crippen LogP contribution is 2.15. The topological polar surface area (TPSA) is 62.4 Å². The van der Waals surface area contributed by atoms with Crippen molar-refractivity contribution in [2.75, 3.05) is 11.9 Å².